The maximum atomic E-state index is 14.5. The van der Waals surface area contributed by atoms with E-state index in [-0.39, 0.29) is 31.2 Å². The first-order valence-electron chi connectivity index (χ1n) is 18.3. The number of sulfonamides is 1. The first-order chi connectivity index (χ1) is 25.2. The van der Waals surface area contributed by atoms with Crippen molar-refractivity contribution in [3.63, 3.8) is 0 Å². The van der Waals surface area contributed by atoms with Gasteiger partial charge in [0, 0.05) is 23.6 Å². The molecule has 0 spiro atoms. The number of benzene rings is 1. The van der Waals surface area contributed by atoms with Gasteiger partial charge in [-0.3, -0.25) is 24.4 Å². The molecule has 294 valence electrons. The number of rotatable bonds is 11. The molecule has 5 unspecified atom stereocenters. The monoisotopic (exact) mass is 786 g/mol. The van der Waals surface area contributed by atoms with E-state index in [0.29, 0.717) is 29.1 Å². The minimum absolute atomic E-state index is 0.117. The Hall–Kier alpha value is -4.25. The number of hydrogen-bond donors (Lipinski definition) is 4. The summed E-state index contributed by atoms with van der Waals surface area (Å²) in [5, 5.41) is 10.2. The largest absolute Gasteiger partial charge is 0.444 e. The van der Waals surface area contributed by atoms with Crippen LogP contribution in [0.5, 0.6) is 0 Å². The second-order valence-corrected chi connectivity index (χ2v) is 19.9. The first kappa shape index (κ1) is 39.4. The number of nitrogens with zero attached hydrogens (tertiary/aromatic N) is 2. The second kappa shape index (κ2) is 14.4. The summed E-state index contributed by atoms with van der Waals surface area (Å²) in [7, 11) is -3.89. The van der Waals surface area contributed by atoms with Gasteiger partial charge in [-0.2, -0.15) is 0 Å². The summed E-state index contributed by atoms with van der Waals surface area (Å²) in [5.74, 6) is -2.17. The normalized spacial score (nSPS) is 24.6. The number of ether oxygens (including phenoxy) is 2. The molecule has 1 aliphatic heterocycles. The van der Waals surface area contributed by atoms with Gasteiger partial charge in [-0.05, 0) is 94.7 Å². The van der Waals surface area contributed by atoms with E-state index in [4.69, 9.17) is 9.47 Å². The van der Waals surface area contributed by atoms with Crippen molar-refractivity contribution >= 4 is 57.0 Å². The molecule has 1 saturated heterocycles. The Bertz CT molecular complexity index is 1920. The number of anilines is 1. The molecule has 17 heteroatoms. The van der Waals surface area contributed by atoms with E-state index < -0.39 is 79.9 Å². The lowest BCUT2D eigenvalue weighted by Crippen LogP contribution is -2.60. The fraction of sp³-hybridized carbons (Fsp3) is 0.622. The lowest BCUT2D eigenvalue weighted by Gasteiger charge is -2.36. The van der Waals surface area contributed by atoms with Gasteiger partial charge in [0.25, 0.3) is 5.91 Å². The smallest absolute Gasteiger partial charge is 0.411 e. The summed E-state index contributed by atoms with van der Waals surface area (Å²) < 4.78 is 39.1. The molecular formula is C37H50N6O9S2. The third kappa shape index (κ3) is 8.99. The van der Waals surface area contributed by atoms with Gasteiger partial charge in [0.05, 0.1) is 17.5 Å². The van der Waals surface area contributed by atoms with E-state index in [9.17, 15) is 32.4 Å². The number of likely N-dealkylation sites (tertiary alicyclic amines) is 1. The van der Waals surface area contributed by atoms with Gasteiger partial charge in [-0.15, -0.1) is 11.3 Å². The number of carbonyl (C=O) groups excluding carboxylic acids is 5. The summed E-state index contributed by atoms with van der Waals surface area (Å²) in [4.78, 5) is 74.5. The van der Waals surface area contributed by atoms with Crippen LogP contribution in [0.1, 0.15) is 85.6 Å². The highest BCUT2D eigenvalue weighted by molar-refractivity contribution is 7.91. The highest BCUT2D eigenvalue weighted by Crippen LogP contribution is 2.57. The number of thiazole rings is 1. The van der Waals surface area contributed by atoms with Gasteiger partial charge in [-0.1, -0.05) is 26.8 Å². The van der Waals surface area contributed by atoms with Crippen molar-refractivity contribution in [2.75, 3.05) is 11.9 Å². The number of aromatic nitrogens is 1. The topological polar surface area (TPSA) is 202 Å². The van der Waals surface area contributed by atoms with Gasteiger partial charge in [0.1, 0.15) is 34.3 Å². The minimum Gasteiger partial charge on any atom is -0.444 e. The molecule has 6 rings (SSSR count). The third-order valence-electron chi connectivity index (χ3n) is 10.1. The zero-order chi connectivity index (χ0) is 39.4. The van der Waals surface area contributed by atoms with Crippen LogP contribution in [0.3, 0.4) is 0 Å². The second-order valence-electron chi connectivity index (χ2n) is 17.0. The third-order valence-corrected chi connectivity index (χ3v) is 12.8. The van der Waals surface area contributed by atoms with Crippen LogP contribution in [0.4, 0.5) is 15.3 Å². The fourth-order valence-corrected chi connectivity index (χ4v) is 9.05. The molecule has 4 N–H and O–H groups in total. The summed E-state index contributed by atoms with van der Waals surface area (Å²) >= 11 is 1.41. The van der Waals surface area contributed by atoms with Crippen molar-refractivity contribution in [3.8, 4) is 10.6 Å². The standard InChI is InChI=1S/C37H50N6O9S2/c1-20-8-13-24(30-38-14-15-53-30)26(16-20)39-33(47)51-22-17-27(43(19-22)31(45)28(35(2,3)4)40-34(48)52-36(5,6)7)29(44)41-37(18-25(37)21-9-10-21)32(46)42-54(49,50)23-11-12-23/h8,13-16,21-23,25,27-28H,9-12,17-19H2,1-7H3,(H,39,47)(H,40,48)(H,41,44)(H,42,46). The van der Waals surface area contributed by atoms with Crippen LogP contribution in [0.2, 0.25) is 0 Å². The molecule has 4 aliphatic rings. The van der Waals surface area contributed by atoms with Crippen molar-refractivity contribution in [3.05, 3.63) is 35.3 Å². The van der Waals surface area contributed by atoms with E-state index >= 15 is 0 Å². The molecule has 54 heavy (non-hydrogen) atoms. The molecule has 1 aromatic heterocycles. The van der Waals surface area contributed by atoms with E-state index in [1.807, 2.05) is 24.4 Å². The Morgan fingerprint density at radius 2 is 1.72 bits per heavy atom. The number of carbonyl (C=O) groups is 5. The molecule has 1 aromatic carbocycles. The Kier molecular flexibility index (Phi) is 10.5. The quantitative estimate of drug-likeness (QED) is 0.252. The number of nitrogens with one attached hydrogen (secondary N) is 4. The van der Waals surface area contributed by atoms with E-state index in [1.165, 1.54) is 16.2 Å². The van der Waals surface area contributed by atoms with Crippen LogP contribution < -0.4 is 20.7 Å². The Labute approximate surface area is 319 Å². The summed E-state index contributed by atoms with van der Waals surface area (Å²) in [6, 6.07) is 3.14. The molecule has 3 saturated carbocycles. The summed E-state index contributed by atoms with van der Waals surface area (Å²) in [6.07, 6.45) is 1.86. The lowest BCUT2D eigenvalue weighted by molar-refractivity contribution is -0.143. The van der Waals surface area contributed by atoms with Gasteiger partial charge in [0.2, 0.25) is 21.8 Å². The molecule has 3 aliphatic carbocycles. The van der Waals surface area contributed by atoms with Crippen LogP contribution in [-0.4, -0.2) is 89.3 Å². The molecule has 5 amide bonds. The van der Waals surface area contributed by atoms with E-state index in [2.05, 4.69) is 25.7 Å². The van der Waals surface area contributed by atoms with Crippen LogP contribution in [0.15, 0.2) is 29.8 Å². The average molecular weight is 787 g/mol. The van der Waals surface area contributed by atoms with Gasteiger partial charge >= 0.3 is 12.2 Å². The molecule has 0 bridgehead atoms. The Balaban J connectivity index is 1.25. The summed E-state index contributed by atoms with van der Waals surface area (Å²) in [5.41, 5.74) is -1.11. The Morgan fingerprint density at radius 1 is 1.02 bits per heavy atom. The first-order valence-corrected chi connectivity index (χ1v) is 20.8. The highest BCUT2D eigenvalue weighted by atomic mass is 32.2. The van der Waals surface area contributed by atoms with Crippen LogP contribution in [-0.2, 0) is 33.9 Å². The minimum atomic E-state index is -3.89. The Morgan fingerprint density at radius 3 is 2.31 bits per heavy atom. The van der Waals surface area contributed by atoms with Crippen LogP contribution in [0, 0.1) is 24.2 Å². The number of alkyl carbamates (subject to hydrolysis) is 1. The predicted octanol–water partition coefficient (Wildman–Crippen LogP) is 4.47. The van der Waals surface area contributed by atoms with Crippen molar-refractivity contribution in [2.45, 2.75) is 122 Å². The van der Waals surface area contributed by atoms with Crippen molar-refractivity contribution in [2.24, 2.45) is 17.3 Å². The van der Waals surface area contributed by atoms with Crippen molar-refractivity contribution < 1.29 is 41.9 Å². The molecule has 5 atom stereocenters. The molecule has 15 nitrogen and oxygen atoms in total. The van der Waals surface area contributed by atoms with Crippen molar-refractivity contribution in [1.29, 1.82) is 0 Å². The molecule has 0 radical (unpaired) electrons. The molecule has 4 fully saturated rings. The molecular weight excluding hydrogens is 737 g/mol. The van der Waals surface area contributed by atoms with E-state index in [1.54, 1.807) is 53.8 Å². The van der Waals surface area contributed by atoms with Crippen LogP contribution >= 0.6 is 11.3 Å². The van der Waals surface area contributed by atoms with Gasteiger partial charge < -0.3 is 25.0 Å². The highest BCUT2D eigenvalue weighted by Gasteiger charge is 2.67. The average Bonchev–Trinajstić information content (AvgIpc) is 3.99. The fourth-order valence-electron chi connectivity index (χ4n) is 7.01. The van der Waals surface area contributed by atoms with Gasteiger partial charge in [0.15, 0.2) is 0 Å². The van der Waals surface area contributed by atoms with Crippen molar-refractivity contribution in [1.82, 2.24) is 25.2 Å². The number of aryl methyl sites for hydroxylation is 1. The number of amides is 5. The zero-order valence-electron chi connectivity index (χ0n) is 31.7. The molecule has 2 aromatic rings. The summed E-state index contributed by atoms with van der Waals surface area (Å²) in [6.45, 7) is 12.0. The van der Waals surface area contributed by atoms with Gasteiger partial charge in [-0.25, -0.2) is 23.0 Å². The van der Waals surface area contributed by atoms with E-state index in [0.717, 1.165) is 18.4 Å². The number of hydrogen-bond acceptors (Lipinski definition) is 11. The zero-order valence-corrected chi connectivity index (χ0v) is 33.3. The van der Waals surface area contributed by atoms with Crippen LogP contribution in [0.25, 0.3) is 10.6 Å². The SMILES string of the molecule is Cc1ccc(-c2nccs2)c(NC(=O)OC2CC(C(=O)NC3(C(=O)NS(=O)(=O)C4CC4)CC3C3CC3)N(C(=O)C(NC(=O)OC(C)(C)C)C(C)(C)C)C2)c1. The molecule has 2 heterocycles. The lowest BCUT2D eigenvalue weighted by atomic mass is 9.85. The maximum absolute atomic E-state index is 14.5. The predicted molar refractivity (Wildman–Crippen MR) is 201 cm³/mol. The maximum Gasteiger partial charge on any atom is 0.411 e.